The normalized spacial score (nSPS) is 13.6. The molecule has 0 atom stereocenters. The molecular formula is C21H29O5PSi. The van der Waals surface area contributed by atoms with Gasteiger partial charge in [0, 0.05) is 0 Å². The highest BCUT2D eigenvalue weighted by molar-refractivity contribution is 7.46. The van der Waals surface area contributed by atoms with Crippen molar-refractivity contribution in [1.82, 2.24) is 0 Å². The lowest BCUT2D eigenvalue weighted by molar-refractivity contribution is 0.215. The van der Waals surface area contributed by atoms with Gasteiger partial charge in [0.2, 0.25) is 0 Å². The fourth-order valence-corrected chi connectivity index (χ4v) is 8.19. The molecule has 2 aromatic carbocycles. The van der Waals surface area contributed by atoms with Crippen molar-refractivity contribution in [2.75, 3.05) is 13.2 Å². The minimum Gasteiger partial charge on any atom is -0.403 e. The van der Waals surface area contributed by atoms with E-state index in [9.17, 15) is 4.57 Å². The van der Waals surface area contributed by atoms with E-state index >= 15 is 0 Å². The topological polar surface area (TPSA) is 76.0 Å². The summed E-state index contributed by atoms with van der Waals surface area (Å²) in [4.78, 5) is 17.7. The van der Waals surface area contributed by atoms with Crippen LogP contribution < -0.4 is 10.4 Å². The van der Waals surface area contributed by atoms with Gasteiger partial charge in [0.15, 0.2) is 0 Å². The highest BCUT2D eigenvalue weighted by Crippen LogP contribution is 2.37. The maximum Gasteiger partial charge on any atom is 0.469 e. The van der Waals surface area contributed by atoms with Crippen LogP contribution in [0.4, 0.5) is 0 Å². The van der Waals surface area contributed by atoms with Gasteiger partial charge in [-0.2, -0.15) is 0 Å². The largest absolute Gasteiger partial charge is 0.469 e. The van der Waals surface area contributed by atoms with Crippen LogP contribution in [0.1, 0.15) is 27.7 Å². The average molecular weight is 421 g/mol. The molecule has 2 rings (SSSR count). The molecule has 0 aliphatic carbocycles. The molecular weight excluding hydrogens is 391 g/mol. The van der Waals surface area contributed by atoms with Gasteiger partial charge in [-0.15, -0.1) is 0 Å². The molecule has 0 saturated heterocycles. The van der Waals surface area contributed by atoms with E-state index in [0.29, 0.717) is 6.61 Å². The van der Waals surface area contributed by atoms with Gasteiger partial charge in [0.05, 0.1) is 13.2 Å². The summed E-state index contributed by atoms with van der Waals surface area (Å²) < 4.78 is 22.1. The lowest BCUT2D eigenvalue weighted by Gasteiger charge is -2.43. The molecule has 0 aliphatic heterocycles. The molecule has 0 radical (unpaired) electrons. The second-order valence-electron chi connectivity index (χ2n) is 7.79. The third-order valence-corrected chi connectivity index (χ3v) is 10.1. The predicted molar refractivity (Wildman–Crippen MR) is 115 cm³/mol. The molecule has 152 valence electrons. The van der Waals surface area contributed by atoms with Crippen LogP contribution in [0.25, 0.3) is 0 Å². The summed E-state index contributed by atoms with van der Waals surface area (Å²) in [7, 11) is -7.10. The molecule has 0 fully saturated rings. The first-order valence-corrected chi connectivity index (χ1v) is 12.6. The number of phosphoric acid groups is 1. The molecule has 0 saturated carbocycles. The highest BCUT2D eigenvalue weighted by Gasteiger charge is 2.50. The molecule has 0 amide bonds. The van der Waals surface area contributed by atoms with E-state index in [1.54, 1.807) is 6.08 Å². The fourth-order valence-electron chi connectivity index (χ4n) is 3.32. The minimum atomic E-state index is -4.47. The standard InChI is InChI=1S/C21H29O5PSi/c1-18(15-16-25-27(22,23)24)17-26-28(21(2,3)4,19-11-7-5-8-12-19)20-13-9-6-10-14-20/h5-15H,16-17H2,1-4H3,(H2,22,23,24). The number of benzene rings is 2. The molecule has 28 heavy (non-hydrogen) atoms. The monoisotopic (exact) mass is 420 g/mol. The van der Waals surface area contributed by atoms with Gasteiger partial charge in [-0.25, -0.2) is 4.57 Å². The van der Waals surface area contributed by atoms with Crippen molar-refractivity contribution in [3.05, 3.63) is 72.3 Å². The maximum atomic E-state index is 10.8. The summed E-state index contributed by atoms with van der Waals surface area (Å²) in [5.41, 5.74) is 0.862. The maximum absolute atomic E-state index is 10.8. The third kappa shape index (κ3) is 5.74. The van der Waals surface area contributed by atoms with Gasteiger partial charge in [-0.05, 0) is 22.3 Å². The van der Waals surface area contributed by atoms with E-state index in [4.69, 9.17) is 14.2 Å². The van der Waals surface area contributed by atoms with Crippen molar-refractivity contribution in [2.45, 2.75) is 32.7 Å². The molecule has 0 unspecified atom stereocenters. The summed E-state index contributed by atoms with van der Waals surface area (Å²) in [6.45, 7) is 8.69. The van der Waals surface area contributed by atoms with Crippen LogP contribution in [-0.2, 0) is 13.5 Å². The fraction of sp³-hybridized carbons (Fsp3) is 0.333. The van der Waals surface area contributed by atoms with E-state index < -0.39 is 16.1 Å². The summed E-state index contributed by atoms with van der Waals surface area (Å²) in [6.07, 6.45) is 1.65. The minimum absolute atomic E-state index is 0.127. The second-order valence-corrected chi connectivity index (χ2v) is 13.3. The molecule has 0 spiro atoms. The zero-order chi connectivity index (χ0) is 20.8. The SMILES string of the molecule is CC(=CCOP(=O)(O)O)CO[Si](c1ccccc1)(c1ccccc1)C(C)(C)C. The Morgan fingerprint density at radius 1 is 1.00 bits per heavy atom. The zero-order valence-electron chi connectivity index (χ0n) is 16.8. The van der Waals surface area contributed by atoms with Crippen molar-refractivity contribution in [2.24, 2.45) is 0 Å². The van der Waals surface area contributed by atoms with Crippen molar-refractivity contribution in [3.63, 3.8) is 0 Å². The zero-order valence-corrected chi connectivity index (χ0v) is 18.7. The van der Waals surface area contributed by atoms with Crippen molar-refractivity contribution in [3.8, 4) is 0 Å². The first-order valence-electron chi connectivity index (χ1n) is 9.17. The van der Waals surface area contributed by atoms with E-state index in [0.717, 1.165) is 5.57 Å². The van der Waals surface area contributed by atoms with E-state index in [1.165, 1.54) is 10.4 Å². The Morgan fingerprint density at radius 2 is 1.46 bits per heavy atom. The Hall–Kier alpha value is -1.53. The molecule has 0 bridgehead atoms. The number of rotatable bonds is 8. The van der Waals surface area contributed by atoms with Crippen LogP contribution in [0, 0.1) is 0 Å². The lowest BCUT2D eigenvalue weighted by atomic mass is 10.2. The van der Waals surface area contributed by atoms with Crippen molar-refractivity contribution in [1.29, 1.82) is 0 Å². The van der Waals surface area contributed by atoms with Gasteiger partial charge in [0.25, 0.3) is 8.32 Å². The van der Waals surface area contributed by atoms with Gasteiger partial charge < -0.3 is 14.2 Å². The summed E-state index contributed by atoms with van der Waals surface area (Å²) in [5, 5.41) is 2.25. The Labute approximate surface area is 168 Å². The first kappa shape index (κ1) is 22.8. The Morgan fingerprint density at radius 3 is 1.86 bits per heavy atom. The van der Waals surface area contributed by atoms with E-state index in [1.807, 2.05) is 43.3 Å². The Kier molecular flexibility index (Phi) is 7.57. The van der Waals surface area contributed by atoms with Crippen LogP contribution >= 0.6 is 7.82 Å². The van der Waals surface area contributed by atoms with Gasteiger partial charge >= 0.3 is 7.82 Å². The van der Waals surface area contributed by atoms with Crippen LogP contribution in [0.15, 0.2) is 72.3 Å². The molecule has 5 nitrogen and oxygen atoms in total. The average Bonchev–Trinajstić information content (AvgIpc) is 2.62. The van der Waals surface area contributed by atoms with Crippen LogP contribution in [0.2, 0.25) is 5.04 Å². The molecule has 0 heterocycles. The van der Waals surface area contributed by atoms with Crippen LogP contribution in [-0.4, -0.2) is 31.3 Å². The quantitative estimate of drug-likeness (QED) is 0.388. The second kappa shape index (κ2) is 9.31. The molecule has 7 heteroatoms. The van der Waals surface area contributed by atoms with Gasteiger partial charge in [-0.3, -0.25) is 4.52 Å². The predicted octanol–water partition coefficient (Wildman–Crippen LogP) is 3.62. The van der Waals surface area contributed by atoms with Crippen molar-refractivity contribution >= 4 is 26.5 Å². The first-order chi connectivity index (χ1) is 13.1. The number of hydrogen-bond acceptors (Lipinski definition) is 3. The van der Waals surface area contributed by atoms with Crippen LogP contribution in [0.3, 0.4) is 0 Å². The van der Waals surface area contributed by atoms with Crippen molar-refractivity contribution < 1.29 is 23.3 Å². The van der Waals surface area contributed by atoms with E-state index in [2.05, 4.69) is 49.6 Å². The van der Waals surface area contributed by atoms with Gasteiger partial charge in [-0.1, -0.05) is 93.1 Å². The summed E-state index contributed by atoms with van der Waals surface area (Å²) >= 11 is 0. The summed E-state index contributed by atoms with van der Waals surface area (Å²) in [5.74, 6) is 0. The summed E-state index contributed by atoms with van der Waals surface area (Å²) in [6, 6.07) is 20.6. The molecule has 0 aromatic heterocycles. The molecule has 2 aromatic rings. The van der Waals surface area contributed by atoms with Gasteiger partial charge in [0.1, 0.15) is 0 Å². The van der Waals surface area contributed by atoms with E-state index in [-0.39, 0.29) is 11.6 Å². The Balaban J connectivity index is 2.39. The molecule has 0 aliphatic rings. The third-order valence-electron chi connectivity index (χ3n) is 4.61. The number of hydrogen-bond donors (Lipinski definition) is 2. The van der Waals surface area contributed by atoms with Crippen LogP contribution in [0.5, 0.6) is 0 Å². The number of phosphoric ester groups is 1. The molecule has 2 N–H and O–H groups in total. The lowest BCUT2D eigenvalue weighted by Crippen LogP contribution is -2.66. The smallest absolute Gasteiger partial charge is 0.403 e. The Bertz CT molecular complexity index is 785. The highest BCUT2D eigenvalue weighted by atomic mass is 31.2.